The number of halogens is 3. The van der Waals surface area contributed by atoms with Gasteiger partial charge in [-0.3, -0.25) is 4.79 Å². The number of thioether (sulfide) groups is 1. The van der Waals surface area contributed by atoms with Gasteiger partial charge in [-0.1, -0.05) is 17.7 Å². The van der Waals surface area contributed by atoms with Crippen LogP contribution in [0.15, 0.2) is 23.1 Å². The molecule has 0 bridgehead atoms. The molecule has 0 aromatic heterocycles. The topological polar surface area (TPSA) is 55.1 Å². The van der Waals surface area contributed by atoms with E-state index in [1.54, 1.807) is 18.2 Å². The molecule has 7 heteroatoms. The van der Waals surface area contributed by atoms with Crippen molar-refractivity contribution < 1.29 is 13.6 Å². The second-order valence-corrected chi connectivity index (χ2v) is 6.52. The molecule has 1 amide bonds. The molecule has 1 aliphatic rings. The van der Waals surface area contributed by atoms with Crippen LogP contribution in [0.5, 0.6) is 0 Å². The zero-order chi connectivity index (χ0) is 15.4. The van der Waals surface area contributed by atoms with Crippen LogP contribution in [-0.4, -0.2) is 24.1 Å². The van der Waals surface area contributed by atoms with Gasteiger partial charge in [-0.2, -0.15) is 0 Å². The third-order valence-electron chi connectivity index (χ3n) is 3.42. The average molecular weight is 335 g/mol. The zero-order valence-corrected chi connectivity index (χ0v) is 12.9. The molecule has 3 nitrogen and oxygen atoms in total. The summed E-state index contributed by atoms with van der Waals surface area (Å²) < 4.78 is 24.7. The van der Waals surface area contributed by atoms with E-state index < -0.39 is 6.43 Å². The predicted octanol–water partition coefficient (Wildman–Crippen LogP) is 3.76. The Hall–Kier alpha value is -0.850. The molecule has 1 fully saturated rings. The molecule has 0 saturated heterocycles. The van der Waals surface area contributed by atoms with E-state index in [0.717, 1.165) is 24.6 Å². The van der Waals surface area contributed by atoms with Crippen LogP contribution in [0.3, 0.4) is 0 Å². The van der Waals surface area contributed by atoms with Gasteiger partial charge in [-0.05, 0) is 31.4 Å². The van der Waals surface area contributed by atoms with Crippen molar-refractivity contribution in [3.05, 3.63) is 23.2 Å². The van der Waals surface area contributed by atoms with Crippen LogP contribution in [0.1, 0.15) is 19.3 Å². The Balaban J connectivity index is 2.08. The van der Waals surface area contributed by atoms with Crippen molar-refractivity contribution in [1.82, 2.24) is 0 Å². The number of carbonyl (C=O) groups is 1. The van der Waals surface area contributed by atoms with Crippen LogP contribution >= 0.6 is 23.4 Å². The average Bonchev–Trinajstić information content (AvgIpc) is 2.84. The highest BCUT2D eigenvalue weighted by atomic mass is 35.5. The summed E-state index contributed by atoms with van der Waals surface area (Å²) in [5.41, 5.74) is 6.29. The molecule has 2 atom stereocenters. The van der Waals surface area contributed by atoms with E-state index in [1.165, 1.54) is 0 Å². The van der Waals surface area contributed by atoms with Crippen molar-refractivity contribution in [1.29, 1.82) is 0 Å². The summed E-state index contributed by atoms with van der Waals surface area (Å²) in [6.07, 6.45) is -0.178. The molecule has 0 heterocycles. The zero-order valence-electron chi connectivity index (χ0n) is 11.3. The molecule has 21 heavy (non-hydrogen) atoms. The largest absolute Gasteiger partial charge is 0.328 e. The van der Waals surface area contributed by atoms with Crippen molar-refractivity contribution in [3.63, 3.8) is 0 Å². The minimum absolute atomic E-state index is 0.0628. The van der Waals surface area contributed by atoms with Crippen LogP contribution < -0.4 is 11.1 Å². The number of hydrogen-bond donors (Lipinski definition) is 2. The molecule has 1 saturated carbocycles. The first-order valence-corrected chi connectivity index (χ1v) is 8.09. The molecule has 116 valence electrons. The quantitative estimate of drug-likeness (QED) is 0.806. The molecular weight excluding hydrogens is 318 g/mol. The number of benzene rings is 1. The van der Waals surface area contributed by atoms with Gasteiger partial charge in [-0.25, -0.2) is 8.78 Å². The summed E-state index contributed by atoms with van der Waals surface area (Å²) in [6, 6.07) is 5.04. The van der Waals surface area contributed by atoms with Crippen molar-refractivity contribution in [3.8, 4) is 0 Å². The van der Waals surface area contributed by atoms with Crippen molar-refractivity contribution in [2.24, 2.45) is 11.7 Å². The van der Waals surface area contributed by atoms with Crippen LogP contribution in [0.4, 0.5) is 14.5 Å². The van der Waals surface area contributed by atoms with Crippen LogP contribution in [-0.2, 0) is 4.79 Å². The minimum atomic E-state index is -2.43. The number of hydrogen-bond acceptors (Lipinski definition) is 3. The number of alkyl halides is 2. The van der Waals surface area contributed by atoms with Gasteiger partial charge in [0.2, 0.25) is 12.3 Å². The lowest BCUT2D eigenvalue weighted by atomic mass is 10.1. The van der Waals surface area contributed by atoms with Gasteiger partial charge >= 0.3 is 0 Å². The lowest BCUT2D eigenvalue weighted by Crippen LogP contribution is -2.23. The fourth-order valence-electron chi connectivity index (χ4n) is 2.39. The lowest BCUT2D eigenvalue weighted by Gasteiger charge is -2.15. The maximum atomic E-state index is 12.4. The number of carbonyl (C=O) groups excluding carboxylic acids is 1. The summed E-state index contributed by atoms with van der Waals surface area (Å²) in [5, 5.41) is 3.16. The first-order chi connectivity index (χ1) is 9.97. The molecule has 2 rings (SSSR count). The fourth-order valence-corrected chi connectivity index (χ4v) is 3.50. The highest BCUT2D eigenvalue weighted by Gasteiger charge is 2.28. The Morgan fingerprint density at radius 1 is 1.48 bits per heavy atom. The number of nitrogens with two attached hydrogens (primary N) is 1. The molecule has 0 spiro atoms. The first kappa shape index (κ1) is 16.5. The maximum absolute atomic E-state index is 12.4. The number of rotatable bonds is 5. The SMILES string of the molecule is NC1CCC(C(=O)Nc2cccc(Cl)c2SCC(F)F)C1. The molecule has 3 N–H and O–H groups in total. The van der Waals surface area contributed by atoms with Gasteiger partial charge in [0.05, 0.1) is 16.5 Å². The minimum Gasteiger partial charge on any atom is -0.328 e. The monoisotopic (exact) mass is 334 g/mol. The number of nitrogens with one attached hydrogen (secondary N) is 1. The Kier molecular flexibility index (Phi) is 5.84. The highest BCUT2D eigenvalue weighted by molar-refractivity contribution is 7.99. The Bertz CT molecular complexity index is 516. The summed E-state index contributed by atoms with van der Waals surface area (Å²) in [6.45, 7) is 0. The molecule has 0 radical (unpaired) electrons. The normalized spacial score (nSPS) is 21.8. The number of anilines is 1. The standard InChI is InChI=1S/C14H17ClF2N2OS/c15-10-2-1-3-11(13(10)21-7-12(16)17)19-14(20)8-4-5-9(18)6-8/h1-3,8-9,12H,4-7,18H2,(H,19,20). The van der Waals surface area contributed by atoms with Crippen LogP contribution in [0.2, 0.25) is 5.02 Å². The highest BCUT2D eigenvalue weighted by Crippen LogP contribution is 2.36. The van der Waals surface area contributed by atoms with E-state index in [0.29, 0.717) is 22.0 Å². The predicted molar refractivity (Wildman–Crippen MR) is 82.1 cm³/mol. The third-order valence-corrected chi connectivity index (χ3v) is 5.00. The Labute approximate surface area is 131 Å². The van der Waals surface area contributed by atoms with Gasteiger partial charge < -0.3 is 11.1 Å². The molecular formula is C14H17ClF2N2OS. The summed E-state index contributed by atoms with van der Waals surface area (Å²) in [4.78, 5) is 12.7. The van der Waals surface area contributed by atoms with Gasteiger partial charge in [0.1, 0.15) is 0 Å². The Morgan fingerprint density at radius 3 is 2.86 bits per heavy atom. The van der Waals surface area contributed by atoms with Gasteiger partial charge in [0, 0.05) is 16.9 Å². The smallest absolute Gasteiger partial charge is 0.247 e. The van der Waals surface area contributed by atoms with E-state index in [4.69, 9.17) is 17.3 Å². The molecule has 1 aromatic rings. The van der Waals surface area contributed by atoms with E-state index in [9.17, 15) is 13.6 Å². The van der Waals surface area contributed by atoms with E-state index >= 15 is 0 Å². The number of amides is 1. The van der Waals surface area contributed by atoms with Gasteiger partial charge in [0.25, 0.3) is 0 Å². The second-order valence-electron chi connectivity index (χ2n) is 5.08. The van der Waals surface area contributed by atoms with Crippen LogP contribution in [0, 0.1) is 5.92 Å². The first-order valence-electron chi connectivity index (χ1n) is 6.73. The lowest BCUT2D eigenvalue weighted by molar-refractivity contribution is -0.119. The van der Waals surface area contributed by atoms with Gasteiger partial charge in [-0.15, -0.1) is 11.8 Å². The van der Waals surface area contributed by atoms with E-state index in [2.05, 4.69) is 5.32 Å². The molecule has 2 unspecified atom stereocenters. The molecule has 1 aliphatic carbocycles. The summed E-state index contributed by atoms with van der Waals surface area (Å²) >= 11 is 6.99. The second kappa shape index (κ2) is 7.42. The van der Waals surface area contributed by atoms with Gasteiger partial charge in [0.15, 0.2) is 0 Å². The fraction of sp³-hybridized carbons (Fsp3) is 0.500. The summed E-state index contributed by atoms with van der Waals surface area (Å²) in [7, 11) is 0. The van der Waals surface area contributed by atoms with Crippen LogP contribution in [0.25, 0.3) is 0 Å². The van der Waals surface area contributed by atoms with E-state index in [1.807, 2.05) is 0 Å². The summed E-state index contributed by atoms with van der Waals surface area (Å²) in [5.74, 6) is -0.600. The van der Waals surface area contributed by atoms with Crippen molar-refractivity contribution in [2.75, 3.05) is 11.1 Å². The molecule has 0 aliphatic heterocycles. The van der Waals surface area contributed by atoms with E-state index in [-0.39, 0.29) is 23.6 Å². The Morgan fingerprint density at radius 2 is 2.24 bits per heavy atom. The van der Waals surface area contributed by atoms with Crippen molar-refractivity contribution >= 4 is 35.0 Å². The van der Waals surface area contributed by atoms with Crippen molar-refractivity contribution in [2.45, 2.75) is 36.6 Å². The third kappa shape index (κ3) is 4.56. The molecule has 1 aromatic carbocycles. The maximum Gasteiger partial charge on any atom is 0.247 e.